The molecule has 0 aliphatic rings. The molecule has 0 aliphatic carbocycles. The third-order valence-corrected chi connectivity index (χ3v) is 4.29. The molecule has 0 aromatic heterocycles. The van der Waals surface area contributed by atoms with Crippen molar-refractivity contribution >= 4 is 27.2 Å². The van der Waals surface area contributed by atoms with Gasteiger partial charge in [-0.05, 0) is 17.9 Å². The smallest absolute Gasteiger partial charge is 0.211 e. The summed E-state index contributed by atoms with van der Waals surface area (Å²) in [6.07, 6.45) is 0.662. The minimum Gasteiger partial charge on any atom is -0.389 e. The molecule has 0 heterocycles. The third-order valence-electron chi connectivity index (χ3n) is 2.70. The zero-order valence-corrected chi connectivity index (χ0v) is 12.9. The van der Waals surface area contributed by atoms with Gasteiger partial charge in [-0.15, -0.1) is 0 Å². The number of hydrogen-bond acceptors (Lipinski definition) is 3. The number of thiocarbonyl (C=S) groups is 1. The lowest BCUT2D eigenvalue weighted by Crippen LogP contribution is -2.26. The summed E-state index contributed by atoms with van der Waals surface area (Å²) in [6.45, 7) is 4.30. The Hall–Kier alpha value is -0.980. The Balaban J connectivity index is 2.54. The SMILES string of the molecule is CC(C)CCS(=O)(=O)NCc1ccc(C(N)=S)cc1. The molecule has 4 nitrogen and oxygen atoms in total. The molecule has 0 atom stereocenters. The van der Waals surface area contributed by atoms with Crippen molar-refractivity contribution < 1.29 is 8.42 Å². The van der Waals surface area contributed by atoms with Crippen molar-refractivity contribution in [2.75, 3.05) is 5.75 Å². The number of sulfonamides is 1. The van der Waals surface area contributed by atoms with Crippen LogP contribution < -0.4 is 10.5 Å². The summed E-state index contributed by atoms with van der Waals surface area (Å²) in [5.74, 6) is 0.539. The highest BCUT2D eigenvalue weighted by molar-refractivity contribution is 7.89. The quantitative estimate of drug-likeness (QED) is 0.753. The normalized spacial score (nSPS) is 11.7. The average Bonchev–Trinajstić information content (AvgIpc) is 2.35. The van der Waals surface area contributed by atoms with Crippen molar-refractivity contribution in [2.24, 2.45) is 11.7 Å². The summed E-state index contributed by atoms with van der Waals surface area (Å²) in [5, 5.41) is 0. The minimum absolute atomic E-state index is 0.162. The Bertz CT molecular complexity index is 522. The largest absolute Gasteiger partial charge is 0.389 e. The second-order valence-electron chi connectivity index (χ2n) is 4.88. The Morgan fingerprint density at radius 3 is 2.37 bits per heavy atom. The van der Waals surface area contributed by atoms with Gasteiger partial charge in [0, 0.05) is 12.1 Å². The first-order valence-corrected chi connectivity index (χ1v) is 8.22. The number of nitrogens with two attached hydrogens (primary N) is 1. The topological polar surface area (TPSA) is 72.2 Å². The van der Waals surface area contributed by atoms with E-state index in [4.69, 9.17) is 18.0 Å². The lowest BCUT2D eigenvalue weighted by atomic mass is 10.1. The first-order chi connectivity index (χ1) is 8.80. The Kier molecular flexibility index (Phi) is 5.90. The van der Waals surface area contributed by atoms with E-state index < -0.39 is 10.0 Å². The van der Waals surface area contributed by atoms with Crippen LogP contribution in [-0.2, 0) is 16.6 Å². The summed E-state index contributed by atoms with van der Waals surface area (Å²) < 4.78 is 26.1. The van der Waals surface area contributed by atoms with Crippen LogP contribution in [0.2, 0.25) is 0 Å². The van der Waals surface area contributed by atoms with Crippen LogP contribution >= 0.6 is 12.2 Å². The predicted molar refractivity (Wildman–Crippen MR) is 82.4 cm³/mol. The van der Waals surface area contributed by atoms with Gasteiger partial charge in [-0.25, -0.2) is 13.1 Å². The van der Waals surface area contributed by atoms with E-state index in [2.05, 4.69) is 4.72 Å². The molecular formula is C13H20N2O2S2. The number of nitrogens with one attached hydrogen (secondary N) is 1. The molecule has 0 radical (unpaired) electrons. The fourth-order valence-electron chi connectivity index (χ4n) is 1.44. The minimum atomic E-state index is -3.20. The molecule has 0 aliphatic heterocycles. The molecule has 0 fully saturated rings. The zero-order valence-electron chi connectivity index (χ0n) is 11.2. The maximum Gasteiger partial charge on any atom is 0.211 e. The van der Waals surface area contributed by atoms with Crippen molar-refractivity contribution in [2.45, 2.75) is 26.8 Å². The highest BCUT2D eigenvalue weighted by Crippen LogP contribution is 2.06. The molecule has 1 aromatic carbocycles. The van der Waals surface area contributed by atoms with Crippen LogP contribution in [0.5, 0.6) is 0 Å². The molecular weight excluding hydrogens is 280 g/mol. The van der Waals surface area contributed by atoms with Crippen LogP contribution in [0.15, 0.2) is 24.3 Å². The van der Waals surface area contributed by atoms with E-state index >= 15 is 0 Å². The van der Waals surface area contributed by atoms with Gasteiger partial charge in [-0.3, -0.25) is 0 Å². The zero-order chi connectivity index (χ0) is 14.5. The second-order valence-corrected chi connectivity index (χ2v) is 7.25. The fourth-order valence-corrected chi connectivity index (χ4v) is 2.89. The van der Waals surface area contributed by atoms with Crippen molar-refractivity contribution in [3.63, 3.8) is 0 Å². The maximum absolute atomic E-state index is 11.7. The average molecular weight is 300 g/mol. The molecule has 0 saturated heterocycles. The van der Waals surface area contributed by atoms with E-state index in [1.165, 1.54) is 0 Å². The van der Waals surface area contributed by atoms with Gasteiger partial charge in [0.05, 0.1) is 5.75 Å². The van der Waals surface area contributed by atoms with Crippen LogP contribution in [0.3, 0.4) is 0 Å². The van der Waals surface area contributed by atoms with E-state index in [-0.39, 0.29) is 12.3 Å². The Morgan fingerprint density at radius 2 is 1.89 bits per heavy atom. The Morgan fingerprint density at radius 1 is 1.32 bits per heavy atom. The van der Waals surface area contributed by atoms with Gasteiger partial charge < -0.3 is 5.73 Å². The van der Waals surface area contributed by atoms with Crippen LogP contribution in [-0.4, -0.2) is 19.2 Å². The van der Waals surface area contributed by atoms with Crippen LogP contribution in [0.25, 0.3) is 0 Å². The van der Waals surface area contributed by atoms with Crippen molar-refractivity contribution in [3.05, 3.63) is 35.4 Å². The summed E-state index contributed by atoms with van der Waals surface area (Å²) in [6, 6.07) is 7.22. The van der Waals surface area contributed by atoms with Gasteiger partial charge in [0.2, 0.25) is 10.0 Å². The summed E-state index contributed by atoms with van der Waals surface area (Å²) >= 11 is 4.85. The molecule has 1 rings (SSSR count). The number of rotatable bonds is 7. The predicted octanol–water partition coefficient (Wildman–Crippen LogP) is 1.79. The summed E-state index contributed by atoms with van der Waals surface area (Å²) in [7, 11) is -3.20. The van der Waals surface area contributed by atoms with Gasteiger partial charge in [-0.1, -0.05) is 50.3 Å². The van der Waals surface area contributed by atoms with Crippen LogP contribution in [0, 0.1) is 5.92 Å². The third kappa shape index (κ3) is 6.13. The first-order valence-electron chi connectivity index (χ1n) is 6.16. The summed E-state index contributed by atoms with van der Waals surface area (Å²) in [5.41, 5.74) is 7.16. The second kappa shape index (κ2) is 6.98. The maximum atomic E-state index is 11.7. The lowest BCUT2D eigenvalue weighted by Gasteiger charge is -2.08. The first kappa shape index (κ1) is 16.1. The van der Waals surface area contributed by atoms with Gasteiger partial charge in [-0.2, -0.15) is 0 Å². The fraction of sp³-hybridized carbons (Fsp3) is 0.462. The standard InChI is InChI=1S/C13H20N2O2S2/c1-10(2)7-8-19(16,17)15-9-11-3-5-12(6-4-11)13(14)18/h3-6,10,15H,7-9H2,1-2H3,(H2,14,18). The molecule has 0 spiro atoms. The van der Waals surface area contributed by atoms with E-state index in [0.717, 1.165) is 11.1 Å². The molecule has 0 unspecified atom stereocenters. The molecule has 106 valence electrons. The highest BCUT2D eigenvalue weighted by atomic mass is 32.2. The highest BCUT2D eigenvalue weighted by Gasteiger charge is 2.10. The molecule has 1 aromatic rings. The molecule has 0 saturated carbocycles. The van der Waals surface area contributed by atoms with Crippen LogP contribution in [0.4, 0.5) is 0 Å². The van der Waals surface area contributed by atoms with Crippen LogP contribution in [0.1, 0.15) is 31.4 Å². The van der Waals surface area contributed by atoms with Gasteiger partial charge in [0.25, 0.3) is 0 Å². The van der Waals surface area contributed by atoms with E-state index in [1.807, 2.05) is 26.0 Å². The van der Waals surface area contributed by atoms with Crippen molar-refractivity contribution in [1.82, 2.24) is 4.72 Å². The van der Waals surface area contributed by atoms with E-state index in [0.29, 0.717) is 17.3 Å². The molecule has 0 bridgehead atoms. The molecule has 6 heteroatoms. The van der Waals surface area contributed by atoms with Crippen molar-refractivity contribution in [3.8, 4) is 0 Å². The monoisotopic (exact) mass is 300 g/mol. The van der Waals surface area contributed by atoms with E-state index in [9.17, 15) is 8.42 Å². The molecule has 19 heavy (non-hydrogen) atoms. The molecule has 0 amide bonds. The Labute approximate surface area is 120 Å². The number of benzene rings is 1. The van der Waals surface area contributed by atoms with Gasteiger partial charge >= 0.3 is 0 Å². The number of hydrogen-bond donors (Lipinski definition) is 2. The van der Waals surface area contributed by atoms with E-state index in [1.54, 1.807) is 12.1 Å². The summed E-state index contributed by atoms with van der Waals surface area (Å²) in [4.78, 5) is 0.337. The molecule has 3 N–H and O–H groups in total. The van der Waals surface area contributed by atoms with Crippen molar-refractivity contribution in [1.29, 1.82) is 0 Å². The lowest BCUT2D eigenvalue weighted by molar-refractivity contribution is 0.561. The van der Waals surface area contributed by atoms with Gasteiger partial charge in [0.15, 0.2) is 0 Å². The van der Waals surface area contributed by atoms with Gasteiger partial charge in [0.1, 0.15) is 4.99 Å².